The quantitative estimate of drug-likeness (QED) is 0.872. The SMILES string of the molecule is Cc1ccoc1CC(=O)N[C@H]1CCC(=O)N[C@@H]1C1CCCO1. The molecule has 0 saturated carbocycles. The van der Waals surface area contributed by atoms with Crippen LogP contribution in [0.2, 0.25) is 0 Å². The number of furan rings is 1. The first-order valence-corrected chi connectivity index (χ1v) is 7.87. The van der Waals surface area contributed by atoms with Gasteiger partial charge in [-0.05, 0) is 37.8 Å². The number of hydrogen-bond donors (Lipinski definition) is 2. The zero-order valence-corrected chi connectivity index (χ0v) is 12.8. The van der Waals surface area contributed by atoms with Crippen LogP contribution in [0.1, 0.15) is 37.0 Å². The molecule has 2 N–H and O–H groups in total. The number of carbonyl (C=O) groups is 2. The Morgan fingerprint density at radius 1 is 1.45 bits per heavy atom. The molecule has 0 radical (unpaired) electrons. The van der Waals surface area contributed by atoms with Gasteiger partial charge < -0.3 is 19.8 Å². The van der Waals surface area contributed by atoms with Crippen LogP contribution in [0.4, 0.5) is 0 Å². The minimum Gasteiger partial charge on any atom is -0.469 e. The van der Waals surface area contributed by atoms with E-state index in [4.69, 9.17) is 9.15 Å². The molecule has 3 rings (SSSR count). The van der Waals surface area contributed by atoms with E-state index in [0.29, 0.717) is 18.6 Å². The van der Waals surface area contributed by atoms with Gasteiger partial charge in [0, 0.05) is 13.0 Å². The number of rotatable bonds is 4. The summed E-state index contributed by atoms with van der Waals surface area (Å²) in [7, 11) is 0. The maximum absolute atomic E-state index is 12.2. The van der Waals surface area contributed by atoms with Gasteiger partial charge in [0.25, 0.3) is 0 Å². The average molecular weight is 306 g/mol. The van der Waals surface area contributed by atoms with Gasteiger partial charge in [-0.2, -0.15) is 0 Å². The number of ether oxygens (including phenoxy) is 1. The van der Waals surface area contributed by atoms with E-state index in [9.17, 15) is 9.59 Å². The normalized spacial score (nSPS) is 28.4. The topological polar surface area (TPSA) is 80.6 Å². The molecule has 2 aliphatic rings. The van der Waals surface area contributed by atoms with Gasteiger partial charge in [-0.3, -0.25) is 9.59 Å². The maximum atomic E-state index is 12.2. The molecular weight excluding hydrogens is 284 g/mol. The predicted molar refractivity (Wildman–Crippen MR) is 79.2 cm³/mol. The van der Waals surface area contributed by atoms with Gasteiger partial charge in [0.05, 0.1) is 30.9 Å². The maximum Gasteiger partial charge on any atom is 0.227 e. The molecule has 2 fully saturated rings. The van der Waals surface area contributed by atoms with Crippen molar-refractivity contribution in [2.24, 2.45) is 0 Å². The van der Waals surface area contributed by atoms with Crippen molar-refractivity contribution < 1.29 is 18.7 Å². The van der Waals surface area contributed by atoms with E-state index in [-0.39, 0.29) is 36.4 Å². The minimum atomic E-state index is -0.134. The Balaban J connectivity index is 1.62. The van der Waals surface area contributed by atoms with Crippen LogP contribution in [0, 0.1) is 6.92 Å². The molecule has 2 aliphatic heterocycles. The van der Waals surface area contributed by atoms with Crippen LogP contribution in [-0.2, 0) is 20.7 Å². The lowest BCUT2D eigenvalue weighted by atomic mass is 9.92. The summed E-state index contributed by atoms with van der Waals surface area (Å²) in [5, 5.41) is 6.02. The summed E-state index contributed by atoms with van der Waals surface area (Å²) >= 11 is 0. The first-order valence-electron chi connectivity index (χ1n) is 7.87. The van der Waals surface area contributed by atoms with E-state index >= 15 is 0 Å². The largest absolute Gasteiger partial charge is 0.469 e. The van der Waals surface area contributed by atoms with E-state index in [1.54, 1.807) is 6.26 Å². The summed E-state index contributed by atoms with van der Waals surface area (Å²) in [6, 6.07) is 1.63. The Kier molecular flexibility index (Phi) is 4.47. The van der Waals surface area contributed by atoms with Crippen molar-refractivity contribution in [1.82, 2.24) is 10.6 Å². The molecule has 1 unspecified atom stereocenters. The molecule has 6 nitrogen and oxygen atoms in total. The fourth-order valence-electron chi connectivity index (χ4n) is 3.21. The standard InChI is InChI=1S/C16H22N2O4/c1-10-6-8-22-13(10)9-15(20)17-11-4-5-14(19)18-16(11)12-3-2-7-21-12/h6,8,11-12,16H,2-5,7,9H2,1H3,(H,17,20)(H,18,19)/t11-,12?,16-/m0/s1. The van der Waals surface area contributed by atoms with Gasteiger partial charge in [0.1, 0.15) is 5.76 Å². The molecular formula is C16H22N2O4. The van der Waals surface area contributed by atoms with E-state index in [0.717, 1.165) is 25.0 Å². The third-order valence-electron chi connectivity index (χ3n) is 4.44. The van der Waals surface area contributed by atoms with Gasteiger partial charge in [-0.1, -0.05) is 0 Å². The van der Waals surface area contributed by atoms with Crippen molar-refractivity contribution in [2.75, 3.05) is 6.61 Å². The number of nitrogens with one attached hydrogen (secondary N) is 2. The summed E-state index contributed by atoms with van der Waals surface area (Å²) in [6.45, 7) is 2.64. The Morgan fingerprint density at radius 2 is 2.32 bits per heavy atom. The van der Waals surface area contributed by atoms with Gasteiger partial charge in [-0.25, -0.2) is 0 Å². The molecule has 0 aromatic carbocycles. The second-order valence-corrected chi connectivity index (χ2v) is 6.06. The van der Waals surface area contributed by atoms with Crippen LogP contribution in [0.3, 0.4) is 0 Å². The smallest absolute Gasteiger partial charge is 0.227 e. The van der Waals surface area contributed by atoms with Gasteiger partial charge in [0.15, 0.2) is 0 Å². The van der Waals surface area contributed by atoms with Crippen LogP contribution < -0.4 is 10.6 Å². The highest BCUT2D eigenvalue weighted by molar-refractivity contribution is 5.80. The number of amides is 2. The number of aryl methyl sites for hydroxylation is 1. The number of hydrogen-bond acceptors (Lipinski definition) is 4. The van der Waals surface area contributed by atoms with Crippen molar-refractivity contribution in [3.05, 3.63) is 23.7 Å². The summed E-state index contributed by atoms with van der Waals surface area (Å²) in [6.07, 6.45) is 4.83. The van der Waals surface area contributed by atoms with Crippen LogP contribution in [0.25, 0.3) is 0 Å². The molecule has 22 heavy (non-hydrogen) atoms. The van der Waals surface area contributed by atoms with E-state index in [2.05, 4.69) is 10.6 Å². The van der Waals surface area contributed by atoms with Gasteiger partial charge in [0.2, 0.25) is 11.8 Å². The van der Waals surface area contributed by atoms with Crippen molar-refractivity contribution in [3.8, 4) is 0 Å². The third kappa shape index (κ3) is 3.32. The van der Waals surface area contributed by atoms with Crippen molar-refractivity contribution in [3.63, 3.8) is 0 Å². The van der Waals surface area contributed by atoms with E-state index in [1.165, 1.54) is 0 Å². The Morgan fingerprint density at radius 3 is 3.00 bits per heavy atom. The van der Waals surface area contributed by atoms with Gasteiger partial charge in [-0.15, -0.1) is 0 Å². The molecule has 1 aromatic heterocycles. The van der Waals surface area contributed by atoms with Crippen LogP contribution >= 0.6 is 0 Å². The van der Waals surface area contributed by atoms with Gasteiger partial charge >= 0.3 is 0 Å². The molecule has 120 valence electrons. The Hall–Kier alpha value is -1.82. The van der Waals surface area contributed by atoms with Crippen LogP contribution in [0.5, 0.6) is 0 Å². The van der Waals surface area contributed by atoms with E-state index in [1.807, 2.05) is 13.0 Å². The zero-order valence-electron chi connectivity index (χ0n) is 12.8. The van der Waals surface area contributed by atoms with Crippen LogP contribution in [-0.4, -0.2) is 36.6 Å². The summed E-state index contributed by atoms with van der Waals surface area (Å²) in [4.78, 5) is 23.9. The first kappa shape index (κ1) is 15.1. The molecule has 3 atom stereocenters. The second-order valence-electron chi connectivity index (χ2n) is 6.06. The minimum absolute atomic E-state index is 0.0000936. The van der Waals surface area contributed by atoms with E-state index < -0.39 is 0 Å². The predicted octanol–water partition coefficient (Wildman–Crippen LogP) is 1.07. The third-order valence-corrected chi connectivity index (χ3v) is 4.44. The average Bonchev–Trinajstić information content (AvgIpc) is 3.14. The summed E-state index contributed by atoms with van der Waals surface area (Å²) < 4.78 is 11.0. The molecule has 3 heterocycles. The molecule has 0 bridgehead atoms. The molecule has 2 amide bonds. The summed E-state index contributed by atoms with van der Waals surface area (Å²) in [5.74, 6) is 0.640. The highest BCUT2D eigenvalue weighted by Crippen LogP contribution is 2.22. The lowest BCUT2D eigenvalue weighted by Gasteiger charge is -2.36. The lowest BCUT2D eigenvalue weighted by molar-refractivity contribution is -0.128. The monoisotopic (exact) mass is 306 g/mol. The fourth-order valence-corrected chi connectivity index (χ4v) is 3.21. The lowest BCUT2D eigenvalue weighted by Crippen LogP contribution is -2.60. The Bertz CT molecular complexity index is 548. The molecule has 0 aliphatic carbocycles. The highest BCUT2D eigenvalue weighted by atomic mass is 16.5. The van der Waals surface area contributed by atoms with Crippen molar-refractivity contribution in [2.45, 2.75) is 57.2 Å². The number of carbonyl (C=O) groups excluding carboxylic acids is 2. The van der Waals surface area contributed by atoms with Crippen molar-refractivity contribution >= 4 is 11.8 Å². The molecule has 0 spiro atoms. The first-order chi connectivity index (χ1) is 10.6. The second kappa shape index (κ2) is 6.52. The molecule has 6 heteroatoms. The molecule has 1 aromatic rings. The van der Waals surface area contributed by atoms with Crippen LogP contribution in [0.15, 0.2) is 16.7 Å². The Labute approximate surface area is 129 Å². The zero-order chi connectivity index (χ0) is 15.5. The molecule has 2 saturated heterocycles. The highest BCUT2D eigenvalue weighted by Gasteiger charge is 2.37. The number of piperidine rings is 1. The summed E-state index contributed by atoms with van der Waals surface area (Å²) in [5.41, 5.74) is 0.975. The van der Waals surface area contributed by atoms with Crippen molar-refractivity contribution in [1.29, 1.82) is 0 Å². The fraction of sp³-hybridized carbons (Fsp3) is 0.625.